The van der Waals surface area contributed by atoms with E-state index in [1.165, 1.54) is 0 Å². The molecule has 0 aliphatic rings. The van der Waals surface area contributed by atoms with Crippen molar-refractivity contribution in [3.8, 4) is 0 Å². The summed E-state index contributed by atoms with van der Waals surface area (Å²) in [6.07, 6.45) is 0. The molecule has 0 bridgehead atoms. The van der Waals surface area contributed by atoms with Gasteiger partial charge in [0, 0.05) is 41.1 Å². The highest BCUT2D eigenvalue weighted by molar-refractivity contribution is 7.94. The summed E-state index contributed by atoms with van der Waals surface area (Å²) in [5.41, 5.74) is 1.11. The molecule has 0 atom stereocenters. The van der Waals surface area contributed by atoms with E-state index < -0.39 is 0 Å². The molecule has 0 saturated carbocycles. The molecule has 0 amide bonds. The van der Waals surface area contributed by atoms with Crippen molar-refractivity contribution in [2.75, 3.05) is 25.5 Å². The van der Waals surface area contributed by atoms with Gasteiger partial charge in [-0.05, 0) is 24.6 Å². The van der Waals surface area contributed by atoms with Crippen molar-refractivity contribution >= 4 is 28.5 Å². The van der Waals surface area contributed by atoms with Gasteiger partial charge in [-0.3, -0.25) is 0 Å². The van der Waals surface area contributed by atoms with E-state index in [9.17, 15) is 4.55 Å². The predicted octanol–water partition coefficient (Wildman–Crippen LogP) is 3.04. The topological polar surface area (TPSA) is 44.3 Å². The summed E-state index contributed by atoms with van der Waals surface area (Å²) in [5, 5.41) is 8.71. The van der Waals surface area contributed by atoms with Crippen LogP contribution in [0.15, 0.2) is 41.3 Å². The minimum atomic E-state index is 0.795. The molecule has 2 aromatic carbocycles. The lowest BCUT2D eigenvalue weighted by Gasteiger charge is -2.10. The lowest BCUT2D eigenvalue weighted by Crippen LogP contribution is -2.17. The van der Waals surface area contributed by atoms with Gasteiger partial charge in [-0.25, -0.2) is 0 Å². The average Bonchev–Trinajstić information content (AvgIpc) is 2.38. The van der Waals surface area contributed by atoms with Crippen LogP contribution in [0.2, 0.25) is 0 Å². The van der Waals surface area contributed by atoms with E-state index in [0.29, 0.717) is 0 Å². The Morgan fingerprint density at radius 1 is 1.06 bits per heavy atom. The molecule has 0 aliphatic heterocycles. The number of hydrogen-bond acceptors (Lipinski definition) is 4. The van der Waals surface area contributed by atoms with E-state index in [-0.39, 0.29) is 0 Å². The molecule has 0 heterocycles. The molecule has 17 heavy (non-hydrogen) atoms. The Hall–Kier alpha value is -1.23. The Balaban J connectivity index is 2.36. The summed E-state index contributed by atoms with van der Waals surface area (Å²) < 4.78 is 9.23. The summed E-state index contributed by atoms with van der Waals surface area (Å²) in [7, 11) is 1.94. The normalized spacial score (nSPS) is 10.7. The minimum absolute atomic E-state index is 0.795. The fourth-order valence-electron chi connectivity index (χ4n) is 1.84. The third-order valence-electron chi connectivity index (χ3n) is 2.67. The number of benzene rings is 2. The van der Waals surface area contributed by atoms with Gasteiger partial charge in [0.1, 0.15) is 0 Å². The van der Waals surface area contributed by atoms with Crippen LogP contribution in [-0.2, 0) is 0 Å². The first kappa shape index (κ1) is 12.2. The van der Waals surface area contributed by atoms with Crippen molar-refractivity contribution < 1.29 is 4.55 Å². The van der Waals surface area contributed by atoms with Crippen molar-refractivity contribution in [2.45, 2.75) is 4.90 Å². The lowest BCUT2D eigenvalue weighted by atomic mass is 10.1. The quantitative estimate of drug-likeness (QED) is 0.562. The summed E-state index contributed by atoms with van der Waals surface area (Å²) in [4.78, 5) is 0.889. The Bertz CT molecular complexity index is 502. The van der Waals surface area contributed by atoms with Gasteiger partial charge in [0.05, 0.1) is 0 Å². The standard InChI is InChI=1S/C13H16N2OS/c1-14-8-9-15-12-6-2-5-11-10(12)4-3-7-13(11)17-16/h2-7,14-16H,8-9H2,1H3. The molecule has 3 nitrogen and oxygen atoms in total. The number of fused-ring (bicyclic) bond motifs is 1. The van der Waals surface area contributed by atoms with Crippen LogP contribution in [0.3, 0.4) is 0 Å². The molecule has 3 N–H and O–H groups in total. The third-order valence-corrected chi connectivity index (χ3v) is 3.22. The van der Waals surface area contributed by atoms with E-state index in [4.69, 9.17) is 0 Å². The fourth-order valence-corrected chi connectivity index (χ4v) is 2.25. The predicted molar refractivity (Wildman–Crippen MR) is 74.9 cm³/mol. The van der Waals surface area contributed by atoms with Crippen LogP contribution < -0.4 is 10.6 Å². The highest BCUT2D eigenvalue weighted by Crippen LogP contribution is 2.30. The van der Waals surface area contributed by atoms with Crippen molar-refractivity contribution in [2.24, 2.45) is 0 Å². The Labute approximate surface area is 105 Å². The second-order valence-corrected chi connectivity index (χ2v) is 4.40. The van der Waals surface area contributed by atoms with Crippen molar-refractivity contribution in [1.82, 2.24) is 5.32 Å². The van der Waals surface area contributed by atoms with E-state index in [2.05, 4.69) is 22.8 Å². The molecular formula is C13H16N2OS. The highest BCUT2D eigenvalue weighted by atomic mass is 32.2. The van der Waals surface area contributed by atoms with E-state index in [0.717, 1.165) is 46.5 Å². The number of anilines is 1. The van der Waals surface area contributed by atoms with Crippen molar-refractivity contribution in [3.63, 3.8) is 0 Å². The van der Waals surface area contributed by atoms with Gasteiger partial charge < -0.3 is 15.2 Å². The zero-order valence-electron chi connectivity index (χ0n) is 9.73. The highest BCUT2D eigenvalue weighted by Gasteiger charge is 2.04. The Kier molecular flexibility index (Phi) is 4.25. The summed E-state index contributed by atoms with van der Waals surface area (Å²) in [5.74, 6) is 0. The fraction of sp³-hybridized carbons (Fsp3) is 0.231. The molecule has 2 rings (SSSR count). The lowest BCUT2D eigenvalue weighted by molar-refractivity contribution is 0.664. The number of nitrogens with one attached hydrogen (secondary N) is 2. The molecule has 0 fully saturated rings. The van der Waals surface area contributed by atoms with Crippen LogP contribution in [0.5, 0.6) is 0 Å². The first-order valence-corrected chi connectivity index (χ1v) is 6.36. The largest absolute Gasteiger partial charge is 0.383 e. The Morgan fingerprint density at radius 3 is 2.59 bits per heavy atom. The third kappa shape index (κ3) is 2.72. The van der Waals surface area contributed by atoms with Gasteiger partial charge in [-0.15, -0.1) is 0 Å². The van der Waals surface area contributed by atoms with Gasteiger partial charge in [-0.1, -0.05) is 24.3 Å². The molecule has 0 unspecified atom stereocenters. The maximum Gasteiger partial charge on any atom is 0.0429 e. The molecule has 4 heteroatoms. The maximum atomic E-state index is 9.23. The second kappa shape index (κ2) is 5.91. The zero-order valence-corrected chi connectivity index (χ0v) is 10.6. The molecule has 0 spiro atoms. The summed E-state index contributed by atoms with van der Waals surface area (Å²) in [6, 6.07) is 12.0. The molecular weight excluding hydrogens is 232 g/mol. The average molecular weight is 248 g/mol. The Morgan fingerprint density at radius 2 is 1.82 bits per heavy atom. The first-order chi connectivity index (χ1) is 8.36. The second-order valence-electron chi connectivity index (χ2n) is 3.78. The van der Waals surface area contributed by atoms with Gasteiger partial charge in [0.2, 0.25) is 0 Å². The summed E-state index contributed by atoms with van der Waals surface area (Å²) >= 11 is 0.795. The van der Waals surface area contributed by atoms with Gasteiger partial charge in [0.15, 0.2) is 0 Å². The van der Waals surface area contributed by atoms with Gasteiger partial charge in [-0.2, -0.15) is 0 Å². The molecule has 0 saturated heterocycles. The van der Waals surface area contributed by atoms with Crippen LogP contribution in [0, 0.1) is 0 Å². The van der Waals surface area contributed by atoms with Crippen LogP contribution in [0.1, 0.15) is 0 Å². The van der Waals surface area contributed by atoms with Gasteiger partial charge in [0.25, 0.3) is 0 Å². The molecule has 0 radical (unpaired) electrons. The van der Waals surface area contributed by atoms with Crippen molar-refractivity contribution in [1.29, 1.82) is 0 Å². The SMILES string of the molecule is CNCCNc1cccc2c(SO)cccc12. The minimum Gasteiger partial charge on any atom is -0.383 e. The molecule has 90 valence electrons. The van der Waals surface area contributed by atoms with Crippen molar-refractivity contribution in [3.05, 3.63) is 36.4 Å². The number of hydrogen-bond donors (Lipinski definition) is 3. The van der Waals surface area contributed by atoms with Crippen LogP contribution in [0.25, 0.3) is 10.8 Å². The number of likely N-dealkylation sites (N-methyl/N-ethyl adjacent to an activating group) is 1. The van der Waals surface area contributed by atoms with E-state index >= 15 is 0 Å². The van der Waals surface area contributed by atoms with Gasteiger partial charge >= 0.3 is 0 Å². The smallest absolute Gasteiger partial charge is 0.0429 e. The van der Waals surface area contributed by atoms with Crippen LogP contribution >= 0.6 is 12.0 Å². The van der Waals surface area contributed by atoms with E-state index in [1.807, 2.05) is 31.3 Å². The molecule has 0 aliphatic carbocycles. The molecule has 2 aromatic rings. The van der Waals surface area contributed by atoms with E-state index in [1.54, 1.807) is 0 Å². The zero-order chi connectivity index (χ0) is 12.1. The molecule has 0 aromatic heterocycles. The maximum absolute atomic E-state index is 9.23. The first-order valence-electron chi connectivity index (χ1n) is 5.58. The monoisotopic (exact) mass is 248 g/mol. The van der Waals surface area contributed by atoms with Crippen LogP contribution in [-0.4, -0.2) is 24.7 Å². The summed E-state index contributed by atoms with van der Waals surface area (Å²) in [6.45, 7) is 1.80. The van der Waals surface area contributed by atoms with Crippen LogP contribution in [0.4, 0.5) is 5.69 Å². The number of rotatable bonds is 5.